The first-order valence-corrected chi connectivity index (χ1v) is 9.55. The summed E-state index contributed by atoms with van der Waals surface area (Å²) in [4.78, 5) is 12.6. The van der Waals surface area contributed by atoms with E-state index in [9.17, 15) is 4.79 Å². The van der Waals surface area contributed by atoms with Crippen LogP contribution in [0.5, 0.6) is 17.2 Å². The predicted octanol–water partition coefficient (Wildman–Crippen LogP) is 4.42. The molecule has 2 aromatic rings. The van der Waals surface area contributed by atoms with E-state index >= 15 is 0 Å². The molecule has 0 bridgehead atoms. The quantitative estimate of drug-likeness (QED) is 0.830. The summed E-state index contributed by atoms with van der Waals surface area (Å²) in [6.45, 7) is 10.1. The van der Waals surface area contributed by atoms with Gasteiger partial charge in [-0.05, 0) is 69.5 Å². The Bertz CT molecular complexity index is 888. The van der Waals surface area contributed by atoms with Gasteiger partial charge in [-0.15, -0.1) is 0 Å². The Kier molecular flexibility index (Phi) is 5.54. The lowest BCUT2D eigenvalue weighted by Crippen LogP contribution is -2.42. The van der Waals surface area contributed by atoms with Gasteiger partial charge in [-0.1, -0.05) is 6.07 Å². The topological polar surface area (TPSA) is 56.8 Å². The third-order valence-corrected chi connectivity index (χ3v) is 5.14. The molecular formula is C23H29NO4. The molecule has 5 heteroatoms. The second-order valence-electron chi connectivity index (χ2n) is 8.08. The largest absolute Gasteiger partial charge is 0.497 e. The molecule has 0 radical (unpaired) electrons. The first kappa shape index (κ1) is 20.1. The monoisotopic (exact) mass is 383 g/mol. The summed E-state index contributed by atoms with van der Waals surface area (Å²) in [6, 6.07) is 9.64. The second kappa shape index (κ2) is 7.74. The minimum absolute atomic E-state index is 0.0208. The van der Waals surface area contributed by atoms with Crippen molar-refractivity contribution in [1.29, 1.82) is 0 Å². The zero-order valence-corrected chi connectivity index (χ0v) is 17.5. The highest BCUT2D eigenvalue weighted by atomic mass is 16.5. The van der Waals surface area contributed by atoms with Crippen LogP contribution in [0.2, 0.25) is 0 Å². The fourth-order valence-electron chi connectivity index (χ4n) is 3.62. The molecule has 1 heterocycles. The van der Waals surface area contributed by atoms with E-state index in [-0.39, 0.29) is 24.2 Å². The summed E-state index contributed by atoms with van der Waals surface area (Å²) in [5.74, 6) is 2.08. The third kappa shape index (κ3) is 4.41. The minimum atomic E-state index is -0.386. The number of carbonyl (C=O) groups is 1. The maximum atomic E-state index is 12.6. The third-order valence-electron chi connectivity index (χ3n) is 5.14. The number of rotatable bonds is 5. The van der Waals surface area contributed by atoms with Gasteiger partial charge in [0.05, 0.1) is 13.2 Å². The van der Waals surface area contributed by atoms with Gasteiger partial charge in [-0.2, -0.15) is 0 Å². The van der Waals surface area contributed by atoms with Gasteiger partial charge in [0.25, 0.3) is 5.91 Å². The summed E-state index contributed by atoms with van der Waals surface area (Å²) >= 11 is 0. The molecule has 1 amide bonds. The highest BCUT2D eigenvalue weighted by molar-refractivity contribution is 5.78. The number of aryl methyl sites for hydroxylation is 2. The summed E-state index contributed by atoms with van der Waals surface area (Å²) in [6.07, 6.45) is 0.681. The van der Waals surface area contributed by atoms with Gasteiger partial charge in [0, 0.05) is 18.1 Å². The fourth-order valence-corrected chi connectivity index (χ4v) is 3.62. The van der Waals surface area contributed by atoms with Crippen molar-refractivity contribution in [2.45, 2.75) is 52.7 Å². The standard InChI is InChI=1S/C23H29NO4/c1-14-9-15(2)16(3)20(10-14)27-13-22(25)24-19-12-23(4,5)28-21-11-17(26-6)7-8-18(19)21/h7-11,19H,12-13H2,1-6H3,(H,24,25). The van der Waals surface area contributed by atoms with E-state index in [1.807, 2.05) is 58.9 Å². The van der Waals surface area contributed by atoms with Crippen molar-refractivity contribution in [3.8, 4) is 17.2 Å². The van der Waals surface area contributed by atoms with E-state index < -0.39 is 0 Å². The highest BCUT2D eigenvalue weighted by Gasteiger charge is 2.34. The molecule has 0 saturated carbocycles. The first-order valence-electron chi connectivity index (χ1n) is 9.55. The lowest BCUT2D eigenvalue weighted by atomic mass is 9.89. The molecule has 3 rings (SSSR count). The zero-order chi connectivity index (χ0) is 20.5. The van der Waals surface area contributed by atoms with Crippen molar-refractivity contribution in [2.24, 2.45) is 0 Å². The number of ether oxygens (including phenoxy) is 3. The average molecular weight is 383 g/mol. The van der Waals surface area contributed by atoms with Crippen LogP contribution in [0.4, 0.5) is 0 Å². The Morgan fingerprint density at radius 1 is 1.21 bits per heavy atom. The second-order valence-corrected chi connectivity index (χ2v) is 8.08. The normalized spacial score (nSPS) is 17.3. The molecule has 5 nitrogen and oxygen atoms in total. The van der Waals surface area contributed by atoms with E-state index in [4.69, 9.17) is 14.2 Å². The van der Waals surface area contributed by atoms with Gasteiger partial charge in [-0.3, -0.25) is 4.79 Å². The molecule has 1 atom stereocenters. The van der Waals surface area contributed by atoms with E-state index in [0.717, 1.165) is 39.5 Å². The van der Waals surface area contributed by atoms with Gasteiger partial charge in [-0.25, -0.2) is 0 Å². The van der Waals surface area contributed by atoms with Crippen LogP contribution in [0.3, 0.4) is 0 Å². The molecule has 2 aromatic carbocycles. The van der Waals surface area contributed by atoms with Crippen LogP contribution in [-0.4, -0.2) is 25.2 Å². The maximum Gasteiger partial charge on any atom is 0.258 e. The van der Waals surface area contributed by atoms with Gasteiger partial charge in [0.1, 0.15) is 22.8 Å². The van der Waals surface area contributed by atoms with Crippen LogP contribution in [0, 0.1) is 20.8 Å². The highest BCUT2D eigenvalue weighted by Crippen LogP contribution is 2.41. The SMILES string of the molecule is COc1ccc2c(c1)OC(C)(C)CC2NC(=O)COc1cc(C)cc(C)c1C. The lowest BCUT2D eigenvalue weighted by Gasteiger charge is -2.38. The Hall–Kier alpha value is -2.69. The van der Waals surface area contributed by atoms with E-state index in [2.05, 4.69) is 11.4 Å². The smallest absolute Gasteiger partial charge is 0.258 e. The molecule has 1 unspecified atom stereocenters. The van der Waals surface area contributed by atoms with Crippen molar-refractivity contribution < 1.29 is 19.0 Å². The van der Waals surface area contributed by atoms with Gasteiger partial charge >= 0.3 is 0 Å². The van der Waals surface area contributed by atoms with Crippen molar-refractivity contribution >= 4 is 5.91 Å². The number of methoxy groups -OCH3 is 1. The number of hydrogen-bond acceptors (Lipinski definition) is 4. The molecule has 1 aliphatic rings. The molecule has 150 valence electrons. The summed E-state index contributed by atoms with van der Waals surface area (Å²) < 4.78 is 17.2. The molecular weight excluding hydrogens is 354 g/mol. The number of nitrogens with one attached hydrogen (secondary N) is 1. The van der Waals surface area contributed by atoms with Crippen LogP contribution in [0.15, 0.2) is 30.3 Å². The molecule has 28 heavy (non-hydrogen) atoms. The summed E-state index contributed by atoms with van der Waals surface area (Å²) in [5.41, 5.74) is 3.90. The molecule has 0 spiro atoms. The molecule has 1 N–H and O–H groups in total. The number of amides is 1. The number of benzene rings is 2. The van der Waals surface area contributed by atoms with Crippen molar-refractivity contribution in [1.82, 2.24) is 5.32 Å². The van der Waals surface area contributed by atoms with Crippen LogP contribution < -0.4 is 19.5 Å². The lowest BCUT2D eigenvalue weighted by molar-refractivity contribution is -0.124. The number of hydrogen-bond donors (Lipinski definition) is 1. The zero-order valence-electron chi connectivity index (χ0n) is 17.5. The van der Waals surface area contributed by atoms with Crippen LogP contribution >= 0.6 is 0 Å². The fraction of sp³-hybridized carbons (Fsp3) is 0.435. The van der Waals surface area contributed by atoms with Gasteiger partial charge < -0.3 is 19.5 Å². The first-order chi connectivity index (χ1) is 13.2. The molecule has 0 saturated heterocycles. The van der Waals surface area contributed by atoms with Crippen LogP contribution in [0.1, 0.15) is 48.6 Å². The molecule has 1 aliphatic heterocycles. The minimum Gasteiger partial charge on any atom is -0.497 e. The Morgan fingerprint density at radius 2 is 1.96 bits per heavy atom. The molecule has 0 aromatic heterocycles. The van der Waals surface area contributed by atoms with E-state index in [0.29, 0.717) is 6.42 Å². The maximum absolute atomic E-state index is 12.6. The van der Waals surface area contributed by atoms with E-state index in [1.165, 1.54) is 0 Å². The Labute approximate surface area is 167 Å². The Balaban J connectivity index is 1.72. The number of fused-ring (bicyclic) bond motifs is 1. The van der Waals surface area contributed by atoms with Crippen molar-refractivity contribution in [2.75, 3.05) is 13.7 Å². The van der Waals surface area contributed by atoms with E-state index in [1.54, 1.807) is 7.11 Å². The van der Waals surface area contributed by atoms with Crippen molar-refractivity contribution in [3.63, 3.8) is 0 Å². The molecule has 0 aliphatic carbocycles. The van der Waals surface area contributed by atoms with Crippen molar-refractivity contribution in [3.05, 3.63) is 52.6 Å². The van der Waals surface area contributed by atoms with Crippen LogP contribution in [0.25, 0.3) is 0 Å². The molecule has 0 fully saturated rings. The van der Waals surface area contributed by atoms with Gasteiger partial charge in [0.15, 0.2) is 6.61 Å². The average Bonchev–Trinajstić information content (AvgIpc) is 2.61. The summed E-state index contributed by atoms with van der Waals surface area (Å²) in [7, 11) is 1.63. The Morgan fingerprint density at radius 3 is 2.68 bits per heavy atom. The van der Waals surface area contributed by atoms with Crippen LogP contribution in [-0.2, 0) is 4.79 Å². The predicted molar refractivity (Wildman–Crippen MR) is 109 cm³/mol. The van der Waals surface area contributed by atoms with Gasteiger partial charge in [0.2, 0.25) is 0 Å². The number of carbonyl (C=O) groups excluding carboxylic acids is 1. The summed E-state index contributed by atoms with van der Waals surface area (Å²) in [5, 5.41) is 3.10.